The first kappa shape index (κ1) is 22.5. The maximum atomic E-state index is 13.1. The van der Waals surface area contributed by atoms with E-state index >= 15 is 0 Å². The fourth-order valence-electron chi connectivity index (χ4n) is 3.40. The number of furan rings is 1. The molecule has 4 rings (SSSR count). The van der Waals surface area contributed by atoms with Gasteiger partial charge < -0.3 is 20.4 Å². The molecule has 3 amide bonds. The largest absolute Gasteiger partial charge is 0.459 e. The molecular weight excluding hydrogens is 430 g/mol. The molecule has 0 aliphatic heterocycles. The number of carbonyl (C=O) groups is 3. The third kappa shape index (κ3) is 5.77. The molecule has 0 saturated heterocycles. The fraction of sp³-hybridized carbons (Fsp3) is 0.0741. The van der Waals surface area contributed by atoms with Crippen molar-refractivity contribution in [2.75, 3.05) is 5.32 Å². The predicted molar refractivity (Wildman–Crippen MR) is 128 cm³/mol. The van der Waals surface area contributed by atoms with Gasteiger partial charge in [0.15, 0.2) is 5.76 Å². The van der Waals surface area contributed by atoms with Gasteiger partial charge in [-0.1, -0.05) is 60.7 Å². The highest BCUT2D eigenvalue weighted by Crippen LogP contribution is 2.16. The van der Waals surface area contributed by atoms with Crippen molar-refractivity contribution in [3.63, 3.8) is 0 Å². The van der Waals surface area contributed by atoms with Crippen LogP contribution in [-0.2, 0) is 11.3 Å². The van der Waals surface area contributed by atoms with Crippen molar-refractivity contribution in [3.8, 4) is 0 Å². The van der Waals surface area contributed by atoms with Crippen molar-refractivity contribution in [1.29, 1.82) is 0 Å². The van der Waals surface area contributed by atoms with Gasteiger partial charge in [-0.2, -0.15) is 0 Å². The van der Waals surface area contributed by atoms with Crippen LogP contribution in [0.2, 0.25) is 0 Å². The topological polar surface area (TPSA) is 100 Å². The average Bonchev–Trinajstić information content (AvgIpc) is 3.42. The van der Waals surface area contributed by atoms with Gasteiger partial charge in [-0.15, -0.1) is 0 Å². The number of hydrogen-bond acceptors (Lipinski definition) is 4. The summed E-state index contributed by atoms with van der Waals surface area (Å²) in [6, 6.07) is 27.3. The first-order chi connectivity index (χ1) is 16.6. The standard InChI is InChI=1S/C27H23N3O4/c31-25(21-12-5-2-6-13-21)30-24(20-10-3-1-4-11-20)27(33)28-18-19-9-7-14-22(17-19)29-26(32)23-15-8-16-34-23/h1-17,24H,18H2,(H,28,33)(H,29,32)(H,30,31). The second-order valence-electron chi connectivity index (χ2n) is 7.53. The van der Waals surface area contributed by atoms with Gasteiger partial charge >= 0.3 is 0 Å². The summed E-state index contributed by atoms with van der Waals surface area (Å²) in [5.74, 6) is -0.842. The van der Waals surface area contributed by atoms with Crippen molar-refractivity contribution in [1.82, 2.24) is 10.6 Å². The first-order valence-electron chi connectivity index (χ1n) is 10.7. The maximum absolute atomic E-state index is 13.1. The molecule has 34 heavy (non-hydrogen) atoms. The lowest BCUT2D eigenvalue weighted by Gasteiger charge is -2.19. The Morgan fingerprint density at radius 2 is 1.50 bits per heavy atom. The van der Waals surface area contributed by atoms with E-state index in [1.54, 1.807) is 66.7 Å². The van der Waals surface area contributed by atoms with E-state index in [0.717, 1.165) is 5.56 Å². The van der Waals surface area contributed by atoms with Crippen LogP contribution < -0.4 is 16.0 Å². The van der Waals surface area contributed by atoms with Crippen molar-refractivity contribution in [3.05, 3.63) is 126 Å². The molecule has 1 atom stereocenters. The predicted octanol–water partition coefficient (Wildman–Crippen LogP) is 4.32. The average molecular weight is 453 g/mol. The summed E-state index contributed by atoms with van der Waals surface area (Å²) in [6.45, 7) is 0.216. The molecule has 1 aromatic heterocycles. The van der Waals surface area contributed by atoms with Crippen molar-refractivity contribution < 1.29 is 18.8 Å². The molecule has 1 heterocycles. The van der Waals surface area contributed by atoms with E-state index < -0.39 is 6.04 Å². The smallest absolute Gasteiger partial charge is 0.291 e. The Morgan fingerprint density at radius 3 is 2.21 bits per heavy atom. The molecule has 0 aliphatic rings. The Hall–Kier alpha value is -4.65. The number of benzene rings is 3. The van der Waals surface area contributed by atoms with Crippen molar-refractivity contribution in [2.45, 2.75) is 12.6 Å². The zero-order valence-corrected chi connectivity index (χ0v) is 18.2. The van der Waals surface area contributed by atoms with Gasteiger partial charge in [0.2, 0.25) is 5.91 Å². The van der Waals surface area contributed by atoms with Crippen LogP contribution in [0.5, 0.6) is 0 Å². The summed E-state index contributed by atoms with van der Waals surface area (Å²) in [6.07, 6.45) is 1.43. The maximum Gasteiger partial charge on any atom is 0.291 e. The second kappa shape index (κ2) is 10.8. The number of carbonyl (C=O) groups excluding carboxylic acids is 3. The molecule has 0 aliphatic carbocycles. The van der Waals surface area contributed by atoms with E-state index in [-0.39, 0.29) is 30.0 Å². The molecule has 0 saturated carbocycles. The van der Waals surface area contributed by atoms with Crippen molar-refractivity contribution >= 4 is 23.4 Å². The van der Waals surface area contributed by atoms with E-state index in [4.69, 9.17) is 4.42 Å². The van der Waals surface area contributed by atoms with Crippen molar-refractivity contribution in [2.24, 2.45) is 0 Å². The third-order valence-corrected chi connectivity index (χ3v) is 5.10. The van der Waals surface area contributed by atoms with E-state index in [2.05, 4.69) is 16.0 Å². The van der Waals surface area contributed by atoms with Crippen LogP contribution in [0, 0.1) is 0 Å². The van der Waals surface area contributed by atoms with E-state index in [1.807, 2.05) is 30.3 Å². The van der Waals surface area contributed by atoms with Crippen LogP contribution in [0.3, 0.4) is 0 Å². The van der Waals surface area contributed by atoms with Gasteiger partial charge in [0.05, 0.1) is 6.26 Å². The zero-order chi connectivity index (χ0) is 23.8. The Kier molecular flexibility index (Phi) is 7.15. The molecule has 4 aromatic rings. The van der Waals surface area contributed by atoms with Crippen LogP contribution in [0.25, 0.3) is 0 Å². The number of amides is 3. The molecule has 0 fully saturated rings. The number of hydrogen-bond donors (Lipinski definition) is 3. The normalized spacial score (nSPS) is 11.3. The molecule has 3 N–H and O–H groups in total. The van der Waals surface area contributed by atoms with Gasteiger partial charge in [0.25, 0.3) is 11.8 Å². The lowest BCUT2D eigenvalue weighted by atomic mass is 10.0. The molecule has 7 heteroatoms. The molecule has 0 bridgehead atoms. The molecule has 7 nitrogen and oxygen atoms in total. The number of nitrogens with one attached hydrogen (secondary N) is 3. The first-order valence-corrected chi connectivity index (χ1v) is 10.7. The molecular formula is C27H23N3O4. The summed E-state index contributed by atoms with van der Waals surface area (Å²) in [4.78, 5) is 38.0. The third-order valence-electron chi connectivity index (χ3n) is 5.10. The van der Waals surface area contributed by atoms with E-state index in [9.17, 15) is 14.4 Å². The minimum absolute atomic E-state index is 0.207. The summed E-state index contributed by atoms with van der Waals surface area (Å²) < 4.78 is 5.11. The second-order valence-corrected chi connectivity index (χ2v) is 7.53. The quantitative estimate of drug-likeness (QED) is 0.370. The van der Waals surface area contributed by atoms with Gasteiger partial charge in [-0.3, -0.25) is 14.4 Å². The van der Waals surface area contributed by atoms with Crippen LogP contribution in [0.1, 0.15) is 38.1 Å². The highest BCUT2D eigenvalue weighted by atomic mass is 16.3. The Balaban J connectivity index is 1.43. The summed E-state index contributed by atoms with van der Waals surface area (Å²) in [7, 11) is 0. The highest BCUT2D eigenvalue weighted by Gasteiger charge is 2.23. The fourth-order valence-corrected chi connectivity index (χ4v) is 3.40. The SMILES string of the molecule is O=C(NC(C(=O)NCc1cccc(NC(=O)c2ccco2)c1)c1ccccc1)c1ccccc1. The zero-order valence-electron chi connectivity index (χ0n) is 18.2. The van der Waals surface area contributed by atoms with Gasteiger partial charge in [-0.05, 0) is 47.5 Å². The van der Waals surface area contributed by atoms with Gasteiger partial charge in [-0.25, -0.2) is 0 Å². The van der Waals surface area contributed by atoms with E-state index in [0.29, 0.717) is 16.8 Å². The lowest BCUT2D eigenvalue weighted by molar-refractivity contribution is -0.123. The van der Waals surface area contributed by atoms with E-state index in [1.165, 1.54) is 6.26 Å². The number of anilines is 1. The molecule has 170 valence electrons. The van der Waals surface area contributed by atoms with Crippen LogP contribution >= 0.6 is 0 Å². The van der Waals surface area contributed by atoms with Crippen LogP contribution in [0.15, 0.2) is 108 Å². The van der Waals surface area contributed by atoms with Crippen LogP contribution in [-0.4, -0.2) is 17.7 Å². The molecule has 1 unspecified atom stereocenters. The number of rotatable bonds is 8. The summed E-state index contributed by atoms with van der Waals surface area (Å²) in [5, 5.41) is 8.46. The Labute approximate surface area is 196 Å². The van der Waals surface area contributed by atoms with Gasteiger partial charge in [0.1, 0.15) is 6.04 Å². The minimum atomic E-state index is -0.865. The summed E-state index contributed by atoms with van der Waals surface area (Å²) in [5.41, 5.74) is 2.50. The summed E-state index contributed by atoms with van der Waals surface area (Å²) >= 11 is 0. The molecule has 0 radical (unpaired) electrons. The molecule has 0 spiro atoms. The minimum Gasteiger partial charge on any atom is -0.459 e. The highest BCUT2D eigenvalue weighted by molar-refractivity contribution is 6.02. The van der Waals surface area contributed by atoms with Crippen LogP contribution in [0.4, 0.5) is 5.69 Å². The van der Waals surface area contributed by atoms with Gasteiger partial charge in [0, 0.05) is 17.8 Å². The monoisotopic (exact) mass is 453 g/mol. The Morgan fingerprint density at radius 1 is 0.765 bits per heavy atom. The molecule has 3 aromatic carbocycles. The Bertz CT molecular complexity index is 1260. The lowest BCUT2D eigenvalue weighted by Crippen LogP contribution is -2.40.